The average Bonchev–Trinajstić information content (AvgIpc) is 2.21. The zero-order valence-corrected chi connectivity index (χ0v) is 9.20. The van der Waals surface area contributed by atoms with Crippen molar-refractivity contribution < 1.29 is 4.39 Å². The van der Waals surface area contributed by atoms with Crippen LogP contribution in [0.2, 0.25) is 0 Å². The van der Waals surface area contributed by atoms with Crippen LogP contribution < -0.4 is 11.5 Å². The van der Waals surface area contributed by atoms with Gasteiger partial charge in [-0.1, -0.05) is 19.9 Å². The van der Waals surface area contributed by atoms with Gasteiger partial charge in [0.15, 0.2) is 0 Å². The molecular formula is C11H18FN3. The van der Waals surface area contributed by atoms with E-state index < -0.39 is 5.67 Å². The molecule has 1 atom stereocenters. The Kier molecular flexibility index (Phi) is 3.63. The van der Waals surface area contributed by atoms with Crippen molar-refractivity contribution in [1.29, 1.82) is 0 Å². The van der Waals surface area contributed by atoms with Crippen molar-refractivity contribution in [1.82, 2.24) is 4.98 Å². The van der Waals surface area contributed by atoms with E-state index in [-0.39, 0.29) is 18.9 Å². The number of nitrogen functional groups attached to an aromatic ring is 1. The van der Waals surface area contributed by atoms with Gasteiger partial charge in [-0.05, 0) is 17.5 Å². The molecule has 84 valence electrons. The smallest absolute Gasteiger partial charge is 0.129 e. The fourth-order valence-electron chi connectivity index (χ4n) is 1.43. The normalized spacial score (nSPS) is 15.3. The molecule has 0 bridgehead atoms. The van der Waals surface area contributed by atoms with Crippen molar-refractivity contribution in [3.63, 3.8) is 0 Å². The first-order chi connectivity index (χ1) is 6.99. The fraction of sp³-hybridized carbons (Fsp3) is 0.545. The molecule has 0 aromatic carbocycles. The lowest BCUT2D eigenvalue weighted by molar-refractivity contribution is 0.110. The minimum Gasteiger partial charge on any atom is -0.383 e. The first-order valence-corrected chi connectivity index (χ1v) is 5.08. The summed E-state index contributed by atoms with van der Waals surface area (Å²) >= 11 is 0. The van der Waals surface area contributed by atoms with Gasteiger partial charge in [0, 0.05) is 19.2 Å². The maximum Gasteiger partial charge on any atom is 0.129 e. The second kappa shape index (κ2) is 4.57. The van der Waals surface area contributed by atoms with Crippen LogP contribution in [0.5, 0.6) is 0 Å². The van der Waals surface area contributed by atoms with E-state index in [1.807, 2.05) is 13.8 Å². The van der Waals surface area contributed by atoms with Crippen LogP contribution >= 0.6 is 0 Å². The van der Waals surface area contributed by atoms with Gasteiger partial charge in [-0.15, -0.1) is 0 Å². The molecule has 15 heavy (non-hydrogen) atoms. The van der Waals surface area contributed by atoms with Crippen LogP contribution in [0.15, 0.2) is 18.3 Å². The van der Waals surface area contributed by atoms with Crippen molar-refractivity contribution in [2.75, 3.05) is 12.3 Å². The molecule has 0 saturated carbocycles. The predicted molar refractivity (Wildman–Crippen MR) is 60.1 cm³/mol. The molecule has 0 aliphatic carbocycles. The van der Waals surface area contributed by atoms with Gasteiger partial charge in [0.25, 0.3) is 0 Å². The summed E-state index contributed by atoms with van der Waals surface area (Å²) < 4.78 is 14.3. The summed E-state index contributed by atoms with van der Waals surface area (Å²) in [4.78, 5) is 3.93. The summed E-state index contributed by atoms with van der Waals surface area (Å²) in [5, 5.41) is 0. The maximum absolute atomic E-state index is 14.3. The standard InChI is InChI=1S/C11H18FN3/c1-8(2)11(12,7-13)6-9-4-3-5-15-10(9)14/h3-5,8H,6-7,13H2,1-2H3,(H2,14,15). The van der Waals surface area contributed by atoms with Crippen LogP contribution in [0.4, 0.5) is 10.2 Å². The van der Waals surface area contributed by atoms with E-state index in [1.165, 1.54) is 0 Å². The Balaban J connectivity index is 2.89. The lowest BCUT2D eigenvalue weighted by Crippen LogP contribution is -2.40. The van der Waals surface area contributed by atoms with Crippen LogP contribution in [-0.4, -0.2) is 17.2 Å². The molecule has 4 heteroatoms. The molecule has 4 N–H and O–H groups in total. The Bertz CT molecular complexity index is 327. The fourth-order valence-corrected chi connectivity index (χ4v) is 1.43. The number of anilines is 1. The highest BCUT2D eigenvalue weighted by Crippen LogP contribution is 2.27. The largest absolute Gasteiger partial charge is 0.383 e. The highest BCUT2D eigenvalue weighted by atomic mass is 19.1. The van der Waals surface area contributed by atoms with Gasteiger partial charge in [-0.2, -0.15) is 0 Å². The molecule has 1 unspecified atom stereocenters. The summed E-state index contributed by atoms with van der Waals surface area (Å²) in [6.07, 6.45) is 1.82. The van der Waals surface area contributed by atoms with E-state index in [0.29, 0.717) is 5.82 Å². The summed E-state index contributed by atoms with van der Waals surface area (Å²) in [6, 6.07) is 3.54. The summed E-state index contributed by atoms with van der Waals surface area (Å²) in [6.45, 7) is 3.64. The van der Waals surface area contributed by atoms with Crippen molar-refractivity contribution in [3.8, 4) is 0 Å². The van der Waals surface area contributed by atoms with E-state index in [1.54, 1.807) is 18.3 Å². The molecule has 0 spiro atoms. The highest BCUT2D eigenvalue weighted by Gasteiger charge is 2.32. The number of pyridine rings is 1. The second-order valence-electron chi connectivity index (χ2n) is 4.12. The molecule has 0 fully saturated rings. The van der Waals surface area contributed by atoms with Crippen LogP contribution in [0.3, 0.4) is 0 Å². The van der Waals surface area contributed by atoms with Gasteiger partial charge in [0.1, 0.15) is 11.5 Å². The number of hydrogen-bond donors (Lipinski definition) is 2. The molecular weight excluding hydrogens is 193 g/mol. The van der Waals surface area contributed by atoms with Crippen molar-refractivity contribution in [2.24, 2.45) is 11.7 Å². The van der Waals surface area contributed by atoms with Gasteiger partial charge in [-0.25, -0.2) is 9.37 Å². The Morgan fingerprint density at radius 2 is 2.20 bits per heavy atom. The lowest BCUT2D eigenvalue weighted by Gasteiger charge is -2.28. The van der Waals surface area contributed by atoms with E-state index in [0.717, 1.165) is 5.56 Å². The highest BCUT2D eigenvalue weighted by molar-refractivity contribution is 5.39. The molecule has 0 radical (unpaired) electrons. The zero-order valence-electron chi connectivity index (χ0n) is 9.20. The molecule has 3 nitrogen and oxygen atoms in total. The maximum atomic E-state index is 14.3. The molecule has 1 aromatic rings. The molecule has 0 saturated heterocycles. The van der Waals surface area contributed by atoms with Crippen LogP contribution in [0.1, 0.15) is 19.4 Å². The van der Waals surface area contributed by atoms with Gasteiger partial charge in [0.2, 0.25) is 0 Å². The van der Waals surface area contributed by atoms with Crippen LogP contribution in [0, 0.1) is 5.92 Å². The third-order valence-electron chi connectivity index (χ3n) is 2.78. The first-order valence-electron chi connectivity index (χ1n) is 5.08. The van der Waals surface area contributed by atoms with Gasteiger partial charge in [-0.3, -0.25) is 0 Å². The number of hydrogen-bond acceptors (Lipinski definition) is 3. The Morgan fingerprint density at radius 3 is 2.67 bits per heavy atom. The molecule has 1 aromatic heterocycles. The monoisotopic (exact) mass is 211 g/mol. The number of rotatable bonds is 4. The SMILES string of the molecule is CC(C)C(F)(CN)Cc1cccnc1N. The second-order valence-corrected chi connectivity index (χ2v) is 4.12. The molecule has 0 aliphatic heterocycles. The predicted octanol–water partition coefficient (Wildman–Crippen LogP) is 1.53. The van der Waals surface area contributed by atoms with E-state index >= 15 is 0 Å². The third kappa shape index (κ3) is 2.65. The Morgan fingerprint density at radius 1 is 1.53 bits per heavy atom. The number of nitrogens with zero attached hydrogens (tertiary/aromatic N) is 1. The van der Waals surface area contributed by atoms with Crippen molar-refractivity contribution in [2.45, 2.75) is 25.9 Å². The van der Waals surface area contributed by atoms with E-state index in [9.17, 15) is 4.39 Å². The summed E-state index contributed by atoms with van der Waals surface area (Å²) in [5.41, 5.74) is 10.4. The number of nitrogens with two attached hydrogens (primary N) is 2. The van der Waals surface area contributed by atoms with Crippen LogP contribution in [0.25, 0.3) is 0 Å². The minimum absolute atomic E-state index is 0.000991. The third-order valence-corrected chi connectivity index (χ3v) is 2.78. The molecule has 1 heterocycles. The summed E-state index contributed by atoms with van der Waals surface area (Å²) in [7, 11) is 0. The van der Waals surface area contributed by atoms with Crippen molar-refractivity contribution in [3.05, 3.63) is 23.9 Å². The molecule has 0 aliphatic rings. The van der Waals surface area contributed by atoms with Gasteiger partial charge >= 0.3 is 0 Å². The number of halogens is 1. The van der Waals surface area contributed by atoms with E-state index in [4.69, 9.17) is 11.5 Å². The molecule has 0 amide bonds. The first kappa shape index (κ1) is 11.9. The Labute approximate surface area is 89.7 Å². The lowest BCUT2D eigenvalue weighted by atomic mass is 9.86. The van der Waals surface area contributed by atoms with Gasteiger partial charge in [0.05, 0.1) is 0 Å². The van der Waals surface area contributed by atoms with E-state index in [2.05, 4.69) is 4.98 Å². The summed E-state index contributed by atoms with van der Waals surface area (Å²) in [5.74, 6) is 0.246. The van der Waals surface area contributed by atoms with Crippen LogP contribution in [-0.2, 0) is 6.42 Å². The number of alkyl halides is 1. The topological polar surface area (TPSA) is 64.9 Å². The number of aromatic nitrogens is 1. The Hall–Kier alpha value is -1.16. The zero-order chi connectivity index (χ0) is 11.5. The quantitative estimate of drug-likeness (QED) is 0.793. The average molecular weight is 211 g/mol. The van der Waals surface area contributed by atoms with Gasteiger partial charge < -0.3 is 11.5 Å². The minimum atomic E-state index is -1.41. The van der Waals surface area contributed by atoms with Crippen molar-refractivity contribution >= 4 is 5.82 Å². The molecule has 1 rings (SSSR count).